The molecule has 0 spiro atoms. The minimum absolute atomic E-state index is 0.455. The molecule has 0 saturated heterocycles. The van der Waals surface area contributed by atoms with Gasteiger partial charge >= 0.3 is 0 Å². The van der Waals surface area contributed by atoms with Crippen LogP contribution in [-0.2, 0) is 13.1 Å². The van der Waals surface area contributed by atoms with Crippen LogP contribution in [0.1, 0.15) is 11.1 Å². The van der Waals surface area contributed by atoms with Gasteiger partial charge in [0.15, 0.2) is 11.6 Å². The number of benzene rings is 2. The van der Waals surface area contributed by atoms with E-state index >= 15 is 0 Å². The fraction of sp³-hybridized carbons (Fsp3) is 0.150. The Morgan fingerprint density at radius 3 is 2.70 bits per heavy atom. The van der Waals surface area contributed by atoms with Gasteiger partial charge in [-0.3, -0.25) is 0 Å². The zero-order valence-corrected chi connectivity index (χ0v) is 15.0. The molecule has 4 rings (SSSR count). The fourth-order valence-electron chi connectivity index (χ4n) is 2.97. The van der Waals surface area contributed by atoms with E-state index < -0.39 is 0 Å². The highest BCUT2D eigenvalue weighted by Crippen LogP contribution is 2.25. The van der Waals surface area contributed by atoms with Crippen LogP contribution < -0.4 is 15.8 Å². The molecule has 0 amide bonds. The maximum Gasteiger partial charge on any atom is 0.253 e. The van der Waals surface area contributed by atoms with Gasteiger partial charge in [-0.25, -0.2) is 4.98 Å². The van der Waals surface area contributed by atoms with E-state index in [0.29, 0.717) is 30.6 Å². The van der Waals surface area contributed by atoms with E-state index in [-0.39, 0.29) is 0 Å². The summed E-state index contributed by atoms with van der Waals surface area (Å²) in [5, 5.41) is 8.77. The summed E-state index contributed by atoms with van der Waals surface area (Å²) < 4.78 is 7.11. The average molecular weight is 360 g/mol. The van der Waals surface area contributed by atoms with E-state index in [1.807, 2.05) is 36.4 Å². The maximum absolute atomic E-state index is 5.83. The summed E-state index contributed by atoms with van der Waals surface area (Å²) in [5.74, 6) is 1.66. The third kappa shape index (κ3) is 3.32. The van der Waals surface area contributed by atoms with E-state index in [0.717, 1.165) is 22.0 Å². The lowest BCUT2D eigenvalue weighted by Gasteiger charge is -2.11. The molecule has 0 aliphatic carbocycles. The largest absolute Gasteiger partial charge is 0.491 e. The molecule has 0 bridgehead atoms. The number of hydrogen-bond acceptors (Lipinski definition) is 6. The van der Waals surface area contributed by atoms with Crippen LogP contribution in [0.5, 0.6) is 5.75 Å². The van der Waals surface area contributed by atoms with Gasteiger partial charge in [0.2, 0.25) is 0 Å². The molecule has 2 heterocycles. The Bertz CT molecular complexity index is 1060. The zero-order chi connectivity index (χ0) is 18.6. The Morgan fingerprint density at radius 1 is 1.07 bits per heavy atom. The lowest BCUT2D eigenvalue weighted by Crippen LogP contribution is -2.09. The molecule has 7 nitrogen and oxygen atoms in total. The number of fused-ring (bicyclic) bond motifs is 1. The number of aromatic nitrogens is 4. The standard InChI is InChI=1S/C20H20N6O/c1-27-18-13-23-20(25-19(18)22-11-14-6-3-2-4-7-14)26-17-9-5-8-15(10-21)16(17)12-24-26/h2-9,12-13H,10-11,21H2,1H3,(H,22,23,25). The van der Waals surface area contributed by atoms with Crippen LogP contribution in [-0.4, -0.2) is 26.9 Å². The number of methoxy groups -OCH3 is 1. The minimum Gasteiger partial charge on any atom is -0.491 e. The first-order chi connectivity index (χ1) is 13.3. The van der Waals surface area contributed by atoms with E-state index in [2.05, 4.69) is 32.5 Å². The fourth-order valence-corrected chi connectivity index (χ4v) is 2.97. The second kappa shape index (κ2) is 7.43. The summed E-state index contributed by atoms with van der Waals surface area (Å²) >= 11 is 0. The molecule has 27 heavy (non-hydrogen) atoms. The third-order valence-electron chi connectivity index (χ3n) is 4.38. The van der Waals surface area contributed by atoms with Gasteiger partial charge in [0.25, 0.3) is 5.95 Å². The lowest BCUT2D eigenvalue weighted by molar-refractivity contribution is 0.412. The van der Waals surface area contributed by atoms with E-state index in [4.69, 9.17) is 10.5 Å². The van der Waals surface area contributed by atoms with Crippen LogP contribution in [0.25, 0.3) is 16.9 Å². The summed E-state index contributed by atoms with van der Waals surface area (Å²) in [5.41, 5.74) is 8.93. The highest BCUT2D eigenvalue weighted by molar-refractivity contribution is 5.83. The van der Waals surface area contributed by atoms with Crippen LogP contribution in [0.4, 0.5) is 5.82 Å². The van der Waals surface area contributed by atoms with E-state index in [1.165, 1.54) is 0 Å². The Balaban J connectivity index is 1.70. The molecule has 0 aliphatic heterocycles. The monoisotopic (exact) mass is 360 g/mol. The number of nitrogens with zero attached hydrogens (tertiary/aromatic N) is 4. The summed E-state index contributed by atoms with van der Waals surface area (Å²) in [4.78, 5) is 9.04. The molecule has 3 N–H and O–H groups in total. The quantitative estimate of drug-likeness (QED) is 0.549. The van der Waals surface area contributed by atoms with Crippen LogP contribution in [0.15, 0.2) is 60.9 Å². The van der Waals surface area contributed by atoms with E-state index in [1.54, 1.807) is 24.2 Å². The number of nitrogens with one attached hydrogen (secondary N) is 1. The SMILES string of the molecule is COc1cnc(-n2ncc3c(CN)cccc32)nc1NCc1ccccc1. The molecule has 0 radical (unpaired) electrons. The predicted molar refractivity (Wildman–Crippen MR) is 105 cm³/mol. The summed E-state index contributed by atoms with van der Waals surface area (Å²) in [6, 6.07) is 16.0. The Labute approximate surface area is 156 Å². The number of nitrogens with two attached hydrogens (primary N) is 1. The van der Waals surface area contributed by atoms with Gasteiger partial charge in [-0.1, -0.05) is 42.5 Å². The first-order valence-electron chi connectivity index (χ1n) is 8.65. The minimum atomic E-state index is 0.455. The second-order valence-corrected chi connectivity index (χ2v) is 6.04. The van der Waals surface area contributed by atoms with Crippen LogP contribution in [0.3, 0.4) is 0 Å². The molecule has 0 fully saturated rings. The van der Waals surface area contributed by atoms with Gasteiger partial charge in [0.1, 0.15) is 0 Å². The first kappa shape index (κ1) is 17.0. The Morgan fingerprint density at radius 2 is 1.93 bits per heavy atom. The van der Waals surface area contributed by atoms with Crippen molar-refractivity contribution in [2.75, 3.05) is 12.4 Å². The highest BCUT2D eigenvalue weighted by Gasteiger charge is 2.13. The molecule has 0 unspecified atom stereocenters. The first-order valence-corrected chi connectivity index (χ1v) is 8.65. The summed E-state index contributed by atoms with van der Waals surface area (Å²) in [7, 11) is 1.60. The second-order valence-electron chi connectivity index (χ2n) is 6.04. The molecule has 136 valence electrons. The average Bonchev–Trinajstić information content (AvgIpc) is 3.17. The zero-order valence-electron chi connectivity index (χ0n) is 15.0. The normalized spacial score (nSPS) is 10.9. The van der Waals surface area contributed by atoms with Crippen molar-refractivity contribution in [2.24, 2.45) is 5.73 Å². The topological polar surface area (TPSA) is 90.9 Å². The van der Waals surface area contributed by atoms with Crippen molar-refractivity contribution in [3.63, 3.8) is 0 Å². The third-order valence-corrected chi connectivity index (χ3v) is 4.38. The van der Waals surface area contributed by atoms with Crippen molar-refractivity contribution in [3.05, 3.63) is 72.1 Å². The van der Waals surface area contributed by atoms with Crippen LogP contribution in [0, 0.1) is 0 Å². The van der Waals surface area contributed by atoms with Gasteiger partial charge in [0.05, 0.1) is 25.0 Å². The van der Waals surface area contributed by atoms with Crippen LogP contribution >= 0.6 is 0 Å². The van der Waals surface area contributed by atoms with Crippen molar-refractivity contribution >= 4 is 16.7 Å². The Kier molecular flexibility index (Phi) is 4.67. The maximum atomic E-state index is 5.83. The molecule has 0 saturated carbocycles. The van der Waals surface area contributed by atoms with Gasteiger partial charge in [-0.2, -0.15) is 14.8 Å². The molecule has 7 heteroatoms. The lowest BCUT2D eigenvalue weighted by atomic mass is 10.1. The number of rotatable bonds is 6. The van der Waals surface area contributed by atoms with Crippen molar-refractivity contribution in [1.29, 1.82) is 0 Å². The van der Waals surface area contributed by atoms with Gasteiger partial charge in [-0.05, 0) is 17.2 Å². The molecule has 0 aliphatic rings. The van der Waals surface area contributed by atoms with E-state index in [9.17, 15) is 0 Å². The molecule has 4 aromatic rings. The number of hydrogen-bond donors (Lipinski definition) is 2. The van der Waals surface area contributed by atoms with Gasteiger partial charge < -0.3 is 15.8 Å². The van der Waals surface area contributed by atoms with Gasteiger partial charge in [0, 0.05) is 18.5 Å². The molecule has 2 aromatic heterocycles. The van der Waals surface area contributed by atoms with Crippen molar-refractivity contribution in [1.82, 2.24) is 19.7 Å². The van der Waals surface area contributed by atoms with Crippen molar-refractivity contribution in [3.8, 4) is 11.7 Å². The summed E-state index contributed by atoms with van der Waals surface area (Å²) in [6.07, 6.45) is 3.44. The molecule has 2 aromatic carbocycles. The number of anilines is 1. The summed E-state index contributed by atoms with van der Waals surface area (Å²) in [6.45, 7) is 1.08. The molecular weight excluding hydrogens is 340 g/mol. The predicted octanol–water partition coefficient (Wildman–Crippen LogP) is 2.89. The molecular formula is C20H20N6O. The Hall–Kier alpha value is -3.45. The highest BCUT2D eigenvalue weighted by atomic mass is 16.5. The molecule has 0 atom stereocenters. The van der Waals surface area contributed by atoms with Crippen molar-refractivity contribution in [2.45, 2.75) is 13.1 Å². The smallest absolute Gasteiger partial charge is 0.253 e. The van der Waals surface area contributed by atoms with Gasteiger partial charge in [-0.15, -0.1) is 0 Å². The van der Waals surface area contributed by atoms with Crippen molar-refractivity contribution < 1.29 is 4.74 Å². The number of ether oxygens (including phenoxy) is 1. The van der Waals surface area contributed by atoms with Crippen LogP contribution in [0.2, 0.25) is 0 Å².